The molecule has 0 aliphatic rings. The Morgan fingerprint density at radius 2 is 1.49 bits per heavy atom. The van der Waals surface area contributed by atoms with Crippen LogP contribution in [-0.2, 0) is 10.8 Å². The van der Waals surface area contributed by atoms with Crippen LogP contribution in [0.4, 0.5) is 5.69 Å². The van der Waals surface area contributed by atoms with Crippen molar-refractivity contribution in [1.82, 2.24) is 0 Å². The molecule has 2 N–H and O–H groups in total. The second-order valence-corrected chi connectivity index (χ2v) is 12.9. The van der Waals surface area contributed by atoms with E-state index in [2.05, 4.69) is 116 Å². The molecule has 3 rings (SSSR count). The highest BCUT2D eigenvalue weighted by atomic mass is 16.4. The molecule has 3 aromatic carbocycles. The number of anilines is 1. The van der Waals surface area contributed by atoms with Crippen LogP contribution >= 0.6 is 0 Å². The summed E-state index contributed by atoms with van der Waals surface area (Å²) in [6, 6.07) is 19.3. The van der Waals surface area contributed by atoms with Gasteiger partial charge in [-0.1, -0.05) is 91.5 Å². The number of nitrogens with zero attached hydrogens (tertiary/aromatic N) is 1. The van der Waals surface area contributed by atoms with E-state index in [1.807, 2.05) is 0 Å². The Morgan fingerprint density at radius 3 is 1.97 bits per heavy atom. The quantitative estimate of drug-likeness (QED) is 0.322. The molecule has 0 amide bonds. The fourth-order valence-electron chi connectivity index (χ4n) is 4.74. The lowest BCUT2D eigenvalue weighted by molar-refractivity contribution is 0.0697. The largest absolute Gasteiger partial charge is 0.478 e. The van der Waals surface area contributed by atoms with Crippen molar-refractivity contribution in [3.05, 3.63) is 88.5 Å². The lowest BCUT2D eigenvalue weighted by Crippen LogP contribution is -2.27. The van der Waals surface area contributed by atoms with Gasteiger partial charge in [0.1, 0.15) is 6.10 Å². The van der Waals surface area contributed by atoms with Crippen LogP contribution in [0.1, 0.15) is 94.1 Å². The van der Waals surface area contributed by atoms with Crippen molar-refractivity contribution >= 4 is 11.7 Å². The fraction of sp³-hybridized carbons (Fsp3) is 0.400. The Kier molecular flexibility index (Phi) is 8.98. The van der Waals surface area contributed by atoms with Gasteiger partial charge in [0.2, 0.25) is 0 Å². The molecule has 4 heteroatoms. The third-order valence-corrected chi connectivity index (χ3v) is 6.82. The minimum Gasteiger partial charge on any atom is -0.478 e. The van der Waals surface area contributed by atoms with Crippen molar-refractivity contribution in [2.24, 2.45) is 5.92 Å². The Hall–Kier alpha value is -3.55. The first-order chi connectivity index (χ1) is 18.1. The number of aromatic carboxylic acids is 1. The Balaban J connectivity index is 2.18. The zero-order valence-electron chi connectivity index (χ0n) is 24.9. The normalized spacial score (nSPS) is 12.6. The zero-order chi connectivity index (χ0) is 29.1. The molecule has 0 aliphatic heterocycles. The zero-order valence-corrected chi connectivity index (χ0v) is 24.9. The van der Waals surface area contributed by atoms with Gasteiger partial charge >= 0.3 is 5.97 Å². The highest BCUT2D eigenvalue weighted by Gasteiger charge is 2.26. The summed E-state index contributed by atoms with van der Waals surface area (Å²) in [5.74, 6) is 5.50. The molecule has 3 aromatic rings. The number of carboxylic acids is 1. The molecule has 39 heavy (non-hydrogen) atoms. The molecule has 0 spiro atoms. The van der Waals surface area contributed by atoms with Gasteiger partial charge in [0, 0.05) is 30.4 Å². The van der Waals surface area contributed by atoms with Crippen LogP contribution in [0, 0.1) is 17.8 Å². The molecular formula is C35H43NO3. The molecule has 0 fully saturated rings. The minimum absolute atomic E-state index is 0.0582. The standard InChI is InChI=1S/C35H43NO3/c1-23(2)22-36(9)32-29(25-15-17-28(18-16-25)34(3,4)5)20-27(21-30(32)35(6,7)8)31(37)19-12-24-10-13-26(14-11-24)33(38)39/h10-11,13-18,20-21,23,31,37H,22H2,1-9H3,(H,38,39). The number of aliphatic hydroxyl groups excluding tert-OH is 1. The number of hydrogen-bond acceptors (Lipinski definition) is 3. The Labute approximate surface area is 234 Å². The van der Waals surface area contributed by atoms with Gasteiger partial charge in [-0.3, -0.25) is 0 Å². The first-order valence-electron chi connectivity index (χ1n) is 13.6. The maximum absolute atomic E-state index is 11.2. The number of rotatable bonds is 6. The monoisotopic (exact) mass is 525 g/mol. The summed E-state index contributed by atoms with van der Waals surface area (Å²) in [4.78, 5) is 13.5. The molecule has 0 saturated carbocycles. The third-order valence-electron chi connectivity index (χ3n) is 6.82. The summed E-state index contributed by atoms with van der Waals surface area (Å²) >= 11 is 0. The lowest BCUT2D eigenvalue weighted by atomic mass is 9.80. The maximum Gasteiger partial charge on any atom is 0.335 e. The van der Waals surface area contributed by atoms with E-state index < -0.39 is 12.1 Å². The van der Waals surface area contributed by atoms with E-state index in [1.54, 1.807) is 12.1 Å². The molecule has 4 nitrogen and oxygen atoms in total. The van der Waals surface area contributed by atoms with Gasteiger partial charge in [0.15, 0.2) is 0 Å². The summed E-state index contributed by atoms with van der Waals surface area (Å²) in [6.07, 6.45) is -0.998. The van der Waals surface area contributed by atoms with Crippen molar-refractivity contribution in [3.8, 4) is 23.0 Å². The smallest absolute Gasteiger partial charge is 0.335 e. The molecule has 0 aliphatic carbocycles. The van der Waals surface area contributed by atoms with Gasteiger partial charge < -0.3 is 15.1 Å². The summed E-state index contributed by atoms with van der Waals surface area (Å²) in [5, 5.41) is 20.4. The topological polar surface area (TPSA) is 60.8 Å². The van der Waals surface area contributed by atoms with Gasteiger partial charge in [-0.2, -0.15) is 0 Å². The average Bonchev–Trinajstić information content (AvgIpc) is 2.85. The summed E-state index contributed by atoms with van der Waals surface area (Å²) in [7, 11) is 2.15. The van der Waals surface area contributed by atoms with E-state index in [9.17, 15) is 9.90 Å². The number of benzene rings is 3. The number of carboxylic acid groups (broad SMARTS) is 1. The van der Waals surface area contributed by atoms with Crippen molar-refractivity contribution in [1.29, 1.82) is 0 Å². The van der Waals surface area contributed by atoms with Crippen molar-refractivity contribution in [2.75, 3.05) is 18.5 Å². The van der Waals surface area contributed by atoms with E-state index in [0.29, 0.717) is 11.5 Å². The molecule has 1 unspecified atom stereocenters. The SMILES string of the molecule is CC(C)CN(C)c1c(-c2ccc(C(C)(C)C)cc2)cc(C(O)C#Cc2ccc(C(=O)O)cc2)cc1C(C)(C)C. The highest BCUT2D eigenvalue weighted by molar-refractivity contribution is 5.87. The Morgan fingerprint density at radius 1 is 0.897 bits per heavy atom. The molecule has 0 saturated heterocycles. The van der Waals surface area contributed by atoms with E-state index in [1.165, 1.54) is 23.4 Å². The van der Waals surface area contributed by atoms with Crippen molar-refractivity contribution < 1.29 is 15.0 Å². The summed E-state index contributed by atoms with van der Waals surface area (Å²) in [6.45, 7) is 18.6. The first kappa shape index (κ1) is 30.0. The first-order valence-corrected chi connectivity index (χ1v) is 13.6. The van der Waals surface area contributed by atoms with Gasteiger partial charge in [0.25, 0.3) is 0 Å². The predicted molar refractivity (Wildman–Crippen MR) is 163 cm³/mol. The van der Waals surface area contributed by atoms with Crippen molar-refractivity contribution in [3.63, 3.8) is 0 Å². The summed E-state index contributed by atoms with van der Waals surface area (Å²) < 4.78 is 0. The molecule has 0 heterocycles. The predicted octanol–water partition coefficient (Wildman–Crippen LogP) is 7.82. The van der Waals surface area contributed by atoms with Gasteiger partial charge in [-0.25, -0.2) is 4.79 Å². The lowest BCUT2D eigenvalue weighted by Gasteiger charge is -2.33. The van der Waals surface area contributed by atoms with Crippen LogP contribution in [0.25, 0.3) is 11.1 Å². The third kappa shape index (κ3) is 7.52. The van der Waals surface area contributed by atoms with Crippen LogP contribution in [0.5, 0.6) is 0 Å². The van der Waals surface area contributed by atoms with Gasteiger partial charge in [-0.05, 0) is 75.4 Å². The van der Waals surface area contributed by atoms with Gasteiger partial charge in [-0.15, -0.1) is 0 Å². The number of carbonyl (C=O) groups is 1. The number of hydrogen-bond donors (Lipinski definition) is 2. The molecule has 1 atom stereocenters. The second kappa shape index (κ2) is 11.7. The van der Waals surface area contributed by atoms with Crippen molar-refractivity contribution in [2.45, 2.75) is 72.3 Å². The molecule has 0 bridgehead atoms. The average molecular weight is 526 g/mol. The van der Waals surface area contributed by atoms with Crippen LogP contribution in [0.15, 0.2) is 60.7 Å². The fourth-order valence-corrected chi connectivity index (χ4v) is 4.74. The minimum atomic E-state index is -0.998. The van der Waals surface area contributed by atoms with E-state index in [4.69, 9.17) is 5.11 Å². The Bertz CT molecular complexity index is 1360. The highest BCUT2D eigenvalue weighted by Crippen LogP contribution is 2.42. The van der Waals surface area contributed by atoms with E-state index >= 15 is 0 Å². The van der Waals surface area contributed by atoms with E-state index in [0.717, 1.165) is 28.8 Å². The van der Waals surface area contributed by atoms with Crippen LogP contribution in [-0.4, -0.2) is 29.8 Å². The van der Waals surface area contributed by atoms with E-state index in [-0.39, 0.29) is 16.4 Å². The second-order valence-electron chi connectivity index (χ2n) is 12.9. The van der Waals surface area contributed by atoms with Crippen LogP contribution < -0.4 is 4.90 Å². The maximum atomic E-state index is 11.2. The molecule has 206 valence electrons. The van der Waals surface area contributed by atoms with Crippen LogP contribution in [0.2, 0.25) is 0 Å². The van der Waals surface area contributed by atoms with Gasteiger partial charge in [0.05, 0.1) is 5.56 Å². The number of aliphatic hydroxyl groups is 1. The molecule has 0 radical (unpaired) electrons. The molecular weight excluding hydrogens is 482 g/mol. The molecule has 0 aromatic heterocycles. The van der Waals surface area contributed by atoms with Crippen LogP contribution in [0.3, 0.4) is 0 Å². The summed E-state index contributed by atoms with van der Waals surface area (Å²) in [5.41, 5.74) is 7.27.